The molecule has 1 aromatic rings. The second-order valence-corrected chi connectivity index (χ2v) is 5.18. The first-order valence-electron chi connectivity index (χ1n) is 7.40. The molecule has 1 aromatic carbocycles. The molecule has 5 nitrogen and oxygen atoms in total. The first-order valence-corrected chi connectivity index (χ1v) is 7.40. The van der Waals surface area contributed by atoms with Crippen molar-refractivity contribution in [2.24, 2.45) is 0 Å². The van der Waals surface area contributed by atoms with Gasteiger partial charge in [0.2, 0.25) is 0 Å². The third-order valence-corrected chi connectivity index (χ3v) is 2.90. The standard InChI is InChI=1S/C16H27NO4/c1-13-8-14(2)10-16(9-13)21-12-15(19)11-17-4-3-6-20-7-5-18/h8-10,15,17-19H,3-7,11-12H2,1-2H3. The molecule has 0 aliphatic rings. The van der Waals surface area contributed by atoms with Gasteiger partial charge in [-0.3, -0.25) is 0 Å². The smallest absolute Gasteiger partial charge is 0.119 e. The lowest BCUT2D eigenvalue weighted by Crippen LogP contribution is -2.32. The number of hydrogen-bond acceptors (Lipinski definition) is 5. The van der Waals surface area contributed by atoms with Crippen LogP contribution in [0.4, 0.5) is 0 Å². The molecular formula is C16H27NO4. The zero-order valence-corrected chi connectivity index (χ0v) is 13.0. The highest BCUT2D eigenvalue weighted by atomic mass is 16.5. The molecule has 0 aliphatic heterocycles. The fourth-order valence-electron chi connectivity index (χ4n) is 2.00. The maximum Gasteiger partial charge on any atom is 0.119 e. The number of rotatable bonds is 11. The van der Waals surface area contributed by atoms with Gasteiger partial charge < -0.3 is 25.0 Å². The molecule has 1 rings (SSSR count). The first-order chi connectivity index (χ1) is 10.1. The molecule has 5 heteroatoms. The Labute approximate surface area is 126 Å². The van der Waals surface area contributed by atoms with Crippen molar-refractivity contribution in [3.8, 4) is 5.75 Å². The normalized spacial score (nSPS) is 12.4. The quantitative estimate of drug-likeness (QED) is 0.532. The molecule has 120 valence electrons. The van der Waals surface area contributed by atoms with E-state index in [1.54, 1.807) is 0 Å². The summed E-state index contributed by atoms with van der Waals surface area (Å²) < 4.78 is 10.7. The molecule has 1 unspecified atom stereocenters. The maximum atomic E-state index is 9.84. The van der Waals surface area contributed by atoms with Crippen molar-refractivity contribution < 1.29 is 19.7 Å². The Balaban J connectivity index is 2.09. The summed E-state index contributed by atoms with van der Waals surface area (Å²) in [5.74, 6) is 0.795. The van der Waals surface area contributed by atoms with E-state index in [1.165, 1.54) is 0 Å². The Morgan fingerprint density at radius 2 is 1.86 bits per heavy atom. The molecule has 21 heavy (non-hydrogen) atoms. The van der Waals surface area contributed by atoms with E-state index in [4.69, 9.17) is 14.6 Å². The number of benzene rings is 1. The molecule has 0 saturated carbocycles. The molecule has 0 saturated heterocycles. The highest BCUT2D eigenvalue weighted by Crippen LogP contribution is 2.16. The molecular weight excluding hydrogens is 270 g/mol. The molecule has 0 aliphatic carbocycles. The summed E-state index contributed by atoms with van der Waals surface area (Å²) in [5, 5.41) is 21.5. The van der Waals surface area contributed by atoms with Gasteiger partial charge in [0, 0.05) is 13.2 Å². The SMILES string of the molecule is Cc1cc(C)cc(OCC(O)CNCCCOCCO)c1. The number of aliphatic hydroxyl groups excluding tert-OH is 2. The Morgan fingerprint density at radius 1 is 1.14 bits per heavy atom. The number of aliphatic hydroxyl groups is 2. The van der Waals surface area contributed by atoms with Crippen LogP contribution in [0.25, 0.3) is 0 Å². The predicted octanol–water partition coefficient (Wildman–Crippen LogP) is 1.03. The van der Waals surface area contributed by atoms with E-state index in [0.717, 1.165) is 29.8 Å². The molecule has 3 N–H and O–H groups in total. The fraction of sp³-hybridized carbons (Fsp3) is 0.625. The van der Waals surface area contributed by atoms with E-state index in [9.17, 15) is 5.11 Å². The topological polar surface area (TPSA) is 71.0 Å². The van der Waals surface area contributed by atoms with Gasteiger partial charge in [-0.25, -0.2) is 0 Å². The van der Waals surface area contributed by atoms with Gasteiger partial charge in [0.05, 0.1) is 13.2 Å². The molecule has 0 bridgehead atoms. The number of aryl methyl sites for hydroxylation is 2. The minimum atomic E-state index is -0.538. The lowest BCUT2D eigenvalue weighted by atomic mass is 10.1. The van der Waals surface area contributed by atoms with Crippen molar-refractivity contribution in [2.75, 3.05) is 39.5 Å². The van der Waals surface area contributed by atoms with E-state index in [2.05, 4.69) is 11.4 Å². The molecule has 0 fully saturated rings. The van der Waals surface area contributed by atoms with E-state index in [0.29, 0.717) is 19.8 Å². The monoisotopic (exact) mass is 297 g/mol. The van der Waals surface area contributed by atoms with Crippen LogP contribution < -0.4 is 10.1 Å². The van der Waals surface area contributed by atoms with Crippen molar-refractivity contribution in [3.63, 3.8) is 0 Å². The summed E-state index contributed by atoms with van der Waals surface area (Å²) >= 11 is 0. The van der Waals surface area contributed by atoms with Crippen molar-refractivity contribution in [1.82, 2.24) is 5.32 Å². The Bertz CT molecular complexity index is 378. The lowest BCUT2D eigenvalue weighted by Gasteiger charge is -2.14. The highest BCUT2D eigenvalue weighted by Gasteiger charge is 2.05. The van der Waals surface area contributed by atoms with Gasteiger partial charge in [0.15, 0.2) is 0 Å². The summed E-state index contributed by atoms with van der Waals surface area (Å²) in [6, 6.07) is 6.01. The van der Waals surface area contributed by atoms with Crippen LogP contribution in [0.3, 0.4) is 0 Å². The van der Waals surface area contributed by atoms with Crippen molar-refractivity contribution >= 4 is 0 Å². The number of ether oxygens (including phenoxy) is 2. The fourth-order valence-corrected chi connectivity index (χ4v) is 2.00. The minimum absolute atomic E-state index is 0.0575. The molecule has 0 amide bonds. The van der Waals surface area contributed by atoms with Crippen molar-refractivity contribution in [3.05, 3.63) is 29.3 Å². The minimum Gasteiger partial charge on any atom is -0.491 e. The molecule has 0 radical (unpaired) electrons. The van der Waals surface area contributed by atoms with Crippen LogP contribution in [0, 0.1) is 13.8 Å². The maximum absolute atomic E-state index is 9.84. The number of nitrogens with one attached hydrogen (secondary N) is 1. The van der Waals surface area contributed by atoms with Crippen LogP contribution >= 0.6 is 0 Å². The predicted molar refractivity (Wildman–Crippen MR) is 82.8 cm³/mol. The average Bonchev–Trinajstić information content (AvgIpc) is 2.43. The molecule has 0 heterocycles. The van der Waals surface area contributed by atoms with Crippen LogP contribution in [-0.2, 0) is 4.74 Å². The van der Waals surface area contributed by atoms with Crippen molar-refractivity contribution in [1.29, 1.82) is 0 Å². The lowest BCUT2D eigenvalue weighted by molar-refractivity contribution is 0.0875. The van der Waals surface area contributed by atoms with E-state index in [-0.39, 0.29) is 13.2 Å². The highest BCUT2D eigenvalue weighted by molar-refractivity contribution is 5.32. The molecule has 0 aromatic heterocycles. The van der Waals surface area contributed by atoms with Gasteiger partial charge in [-0.1, -0.05) is 6.07 Å². The van der Waals surface area contributed by atoms with Gasteiger partial charge >= 0.3 is 0 Å². The van der Waals surface area contributed by atoms with E-state index >= 15 is 0 Å². The second-order valence-electron chi connectivity index (χ2n) is 5.18. The summed E-state index contributed by atoms with van der Waals surface area (Å²) in [7, 11) is 0. The summed E-state index contributed by atoms with van der Waals surface area (Å²) in [6.45, 7) is 6.64. The van der Waals surface area contributed by atoms with Crippen LogP contribution in [-0.4, -0.2) is 55.8 Å². The zero-order valence-electron chi connectivity index (χ0n) is 13.0. The first kappa shape index (κ1) is 17.9. The Hall–Kier alpha value is -1.14. The van der Waals surface area contributed by atoms with Gasteiger partial charge in [-0.15, -0.1) is 0 Å². The van der Waals surface area contributed by atoms with E-state index < -0.39 is 6.10 Å². The summed E-state index contributed by atoms with van der Waals surface area (Å²) in [6.07, 6.45) is 0.314. The van der Waals surface area contributed by atoms with E-state index in [1.807, 2.05) is 26.0 Å². The summed E-state index contributed by atoms with van der Waals surface area (Å²) in [5.41, 5.74) is 2.31. The van der Waals surface area contributed by atoms with Gasteiger partial charge in [-0.2, -0.15) is 0 Å². The average molecular weight is 297 g/mol. The van der Waals surface area contributed by atoms with Gasteiger partial charge in [-0.05, 0) is 50.1 Å². The van der Waals surface area contributed by atoms with Crippen LogP contribution in [0.2, 0.25) is 0 Å². The van der Waals surface area contributed by atoms with Crippen LogP contribution in [0.5, 0.6) is 5.75 Å². The molecule has 1 atom stereocenters. The van der Waals surface area contributed by atoms with Gasteiger partial charge in [0.25, 0.3) is 0 Å². The summed E-state index contributed by atoms with van der Waals surface area (Å²) in [4.78, 5) is 0. The second kappa shape index (κ2) is 10.6. The third-order valence-electron chi connectivity index (χ3n) is 2.90. The van der Waals surface area contributed by atoms with Crippen LogP contribution in [0.15, 0.2) is 18.2 Å². The van der Waals surface area contributed by atoms with Gasteiger partial charge in [0.1, 0.15) is 18.5 Å². The van der Waals surface area contributed by atoms with Crippen LogP contribution in [0.1, 0.15) is 17.5 Å². The third kappa shape index (κ3) is 8.67. The molecule has 0 spiro atoms. The Kier molecular flexibility index (Phi) is 9.01. The Morgan fingerprint density at radius 3 is 2.52 bits per heavy atom. The zero-order chi connectivity index (χ0) is 15.5. The largest absolute Gasteiger partial charge is 0.491 e. The van der Waals surface area contributed by atoms with Crippen molar-refractivity contribution in [2.45, 2.75) is 26.4 Å². The number of hydrogen-bond donors (Lipinski definition) is 3.